The summed E-state index contributed by atoms with van der Waals surface area (Å²) in [6.45, 7) is 0. The van der Waals surface area contributed by atoms with Gasteiger partial charge in [0.25, 0.3) is 0 Å². The van der Waals surface area contributed by atoms with Crippen molar-refractivity contribution in [2.75, 3.05) is 5.32 Å². The second-order valence-corrected chi connectivity index (χ2v) is 7.39. The number of nitrogens with one attached hydrogen (secondary N) is 1. The molecule has 0 saturated heterocycles. The van der Waals surface area contributed by atoms with Crippen molar-refractivity contribution in [3.8, 4) is 11.3 Å². The van der Waals surface area contributed by atoms with Gasteiger partial charge in [-0.2, -0.15) is 4.98 Å². The standard InChI is InChI=1S/C23H16N6O/c30-19-11-15-5-6-18(10-17(15)12-19)26-23-27-22-21(25-8-9-29(22)28-23)16-4-3-14-2-1-7-24-20(14)13-16/h1-10,13H,11-12H2,(H,26,28). The molecule has 144 valence electrons. The Kier molecular flexibility index (Phi) is 3.61. The van der Waals surface area contributed by atoms with Crippen molar-refractivity contribution < 1.29 is 4.79 Å². The van der Waals surface area contributed by atoms with E-state index in [2.05, 4.69) is 25.4 Å². The molecule has 0 saturated carbocycles. The minimum absolute atomic E-state index is 0.258. The van der Waals surface area contributed by atoms with Gasteiger partial charge in [0, 0.05) is 48.1 Å². The highest BCUT2D eigenvalue weighted by Gasteiger charge is 2.19. The molecule has 3 heterocycles. The zero-order chi connectivity index (χ0) is 20.1. The Morgan fingerprint density at radius 1 is 0.933 bits per heavy atom. The fourth-order valence-electron chi connectivity index (χ4n) is 3.94. The molecule has 1 aliphatic rings. The van der Waals surface area contributed by atoms with Crippen LogP contribution < -0.4 is 5.32 Å². The summed E-state index contributed by atoms with van der Waals surface area (Å²) in [6, 6.07) is 16.0. The van der Waals surface area contributed by atoms with Gasteiger partial charge in [-0.15, -0.1) is 5.10 Å². The van der Waals surface area contributed by atoms with Crippen molar-refractivity contribution in [2.45, 2.75) is 12.8 Å². The normalized spacial score (nSPS) is 13.1. The van der Waals surface area contributed by atoms with Gasteiger partial charge in [0.15, 0.2) is 5.65 Å². The number of aromatic nitrogens is 5. The number of fused-ring (bicyclic) bond motifs is 3. The number of carbonyl (C=O) groups is 1. The van der Waals surface area contributed by atoms with Crippen LogP contribution in [-0.4, -0.2) is 30.3 Å². The monoisotopic (exact) mass is 392 g/mol. The Morgan fingerprint density at radius 3 is 2.83 bits per heavy atom. The van der Waals surface area contributed by atoms with Crippen molar-refractivity contribution in [2.24, 2.45) is 0 Å². The number of rotatable bonds is 3. The van der Waals surface area contributed by atoms with Crippen LogP contribution in [0.4, 0.5) is 11.6 Å². The SMILES string of the molecule is O=C1Cc2ccc(Nc3nc4c(-c5ccc6cccnc6c5)nccn4n3)cc2C1. The van der Waals surface area contributed by atoms with Crippen LogP contribution in [0.1, 0.15) is 11.1 Å². The zero-order valence-electron chi connectivity index (χ0n) is 15.9. The largest absolute Gasteiger partial charge is 0.323 e. The molecule has 7 nitrogen and oxygen atoms in total. The van der Waals surface area contributed by atoms with Crippen molar-refractivity contribution in [3.63, 3.8) is 0 Å². The van der Waals surface area contributed by atoms with Gasteiger partial charge in [-0.3, -0.25) is 14.8 Å². The lowest BCUT2D eigenvalue weighted by atomic mass is 10.1. The first kappa shape index (κ1) is 16.8. The third-order valence-corrected chi connectivity index (χ3v) is 5.37. The molecule has 6 rings (SSSR count). The van der Waals surface area contributed by atoms with Crippen molar-refractivity contribution >= 4 is 34.0 Å². The Hall–Kier alpha value is -4.13. The molecule has 1 N–H and O–H groups in total. The lowest BCUT2D eigenvalue weighted by molar-refractivity contribution is -0.117. The molecular weight excluding hydrogens is 376 g/mol. The van der Waals surface area contributed by atoms with Crippen LogP contribution in [0, 0.1) is 0 Å². The van der Waals surface area contributed by atoms with Crippen molar-refractivity contribution in [1.29, 1.82) is 0 Å². The fraction of sp³-hybridized carbons (Fsp3) is 0.0870. The number of hydrogen-bond acceptors (Lipinski definition) is 6. The van der Waals surface area contributed by atoms with Gasteiger partial charge in [0.1, 0.15) is 11.5 Å². The number of nitrogens with zero attached hydrogens (tertiary/aromatic N) is 5. The van der Waals surface area contributed by atoms with Crippen LogP contribution in [0.15, 0.2) is 67.1 Å². The van der Waals surface area contributed by atoms with Crippen LogP contribution in [0.3, 0.4) is 0 Å². The van der Waals surface area contributed by atoms with E-state index in [-0.39, 0.29) is 5.78 Å². The summed E-state index contributed by atoms with van der Waals surface area (Å²) in [7, 11) is 0. The first-order valence-corrected chi connectivity index (χ1v) is 9.70. The summed E-state index contributed by atoms with van der Waals surface area (Å²) < 4.78 is 1.71. The maximum absolute atomic E-state index is 11.7. The van der Waals surface area contributed by atoms with Crippen LogP contribution >= 0.6 is 0 Å². The Bertz CT molecular complexity index is 1460. The summed E-state index contributed by atoms with van der Waals surface area (Å²) in [5.74, 6) is 0.737. The lowest BCUT2D eigenvalue weighted by Gasteiger charge is -2.04. The van der Waals surface area contributed by atoms with Crippen LogP contribution in [0.25, 0.3) is 27.8 Å². The molecule has 2 aromatic carbocycles. The number of Topliss-reactive ketones (excluding diaryl/α,β-unsaturated/α-hetero) is 1. The zero-order valence-corrected chi connectivity index (χ0v) is 15.9. The third kappa shape index (κ3) is 2.79. The van der Waals surface area contributed by atoms with Crippen LogP contribution in [0.2, 0.25) is 0 Å². The molecule has 0 radical (unpaired) electrons. The number of hydrogen-bond donors (Lipinski definition) is 1. The third-order valence-electron chi connectivity index (χ3n) is 5.37. The van der Waals surface area contributed by atoms with E-state index in [0.29, 0.717) is 24.4 Å². The molecule has 5 aromatic rings. The molecule has 0 unspecified atom stereocenters. The summed E-state index contributed by atoms with van der Waals surface area (Å²) in [6.07, 6.45) is 6.29. The first-order valence-electron chi connectivity index (χ1n) is 9.70. The van der Waals surface area contributed by atoms with E-state index in [1.54, 1.807) is 23.1 Å². The second-order valence-electron chi connectivity index (χ2n) is 7.39. The summed E-state index contributed by atoms with van der Waals surface area (Å²) in [5.41, 5.74) is 6.27. The molecule has 3 aromatic heterocycles. The van der Waals surface area contributed by atoms with Gasteiger partial charge < -0.3 is 5.32 Å². The van der Waals surface area contributed by atoms with E-state index < -0.39 is 0 Å². The molecule has 0 atom stereocenters. The average molecular weight is 392 g/mol. The van der Waals surface area contributed by atoms with Crippen LogP contribution in [-0.2, 0) is 17.6 Å². The van der Waals surface area contributed by atoms with Gasteiger partial charge in [-0.1, -0.05) is 24.3 Å². The van der Waals surface area contributed by atoms with E-state index in [1.807, 2.05) is 48.5 Å². The van der Waals surface area contributed by atoms with Gasteiger partial charge in [0.05, 0.1) is 5.52 Å². The minimum Gasteiger partial charge on any atom is -0.323 e. The molecule has 0 amide bonds. The highest BCUT2D eigenvalue weighted by Crippen LogP contribution is 2.27. The highest BCUT2D eigenvalue weighted by atomic mass is 16.1. The summed E-state index contributed by atoms with van der Waals surface area (Å²) in [4.78, 5) is 25.3. The maximum Gasteiger partial charge on any atom is 0.247 e. The number of anilines is 2. The van der Waals surface area contributed by atoms with Gasteiger partial charge >= 0.3 is 0 Å². The van der Waals surface area contributed by atoms with Crippen LogP contribution in [0.5, 0.6) is 0 Å². The van der Waals surface area contributed by atoms with E-state index in [0.717, 1.165) is 39.0 Å². The molecule has 0 aliphatic heterocycles. The number of benzene rings is 2. The van der Waals surface area contributed by atoms with Gasteiger partial charge in [-0.05, 0) is 35.4 Å². The number of ketones is 1. The second kappa shape index (κ2) is 6.45. The molecule has 0 spiro atoms. The predicted octanol–water partition coefficient (Wildman–Crippen LogP) is 3.75. The smallest absolute Gasteiger partial charge is 0.247 e. The quantitative estimate of drug-likeness (QED) is 0.503. The Morgan fingerprint density at radius 2 is 1.87 bits per heavy atom. The minimum atomic E-state index is 0.258. The van der Waals surface area contributed by atoms with Crippen molar-refractivity contribution in [1.82, 2.24) is 24.6 Å². The summed E-state index contributed by atoms with van der Waals surface area (Å²) >= 11 is 0. The van der Waals surface area contributed by atoms with Crippen molar-refractivity contribution in [3.05, 3.63) is 78.2 Å². The predicted molar refractivity (Wildman–Crippen MR) is 114 cm³/mol. The topological polar surface area (TPSA) is 85.1 Å². The fourth-order valence-corrected chi connectivity index (χ4v) is 3.94. The Labute approximate surface area is 171 Å². The van der Waals surface area contributed by atoms with Gasteiger partial charge in [0.2, 0.25) is 5.95 Å². The van der Waals surface area contributed by atoms with E-state index >= 15 is 0 Å². The number of pyridine rings is 1. The Balaban J connectivity index is 1.38. The van der Waals surface area contributed by atoms with E-state index in [4.69, 9.17) is 0 Å². The molecule has 30 heavy (non-hydrogen) atoms. The molecular formula is C23H16N6O. The summed E-state index contributed by atoms with van der Waals surface area (Å²) in [5, 5.41) is 8.86. The molecule has 1 aliphatic carbocycles. The van der Waals surface area contributed by atoms with Gasteiger partial charge in [-0.25, -0.2) is 4.52 Å². The van der Waals surface area contributed by atoms with E-state index in [9.17, 15) is 4.79 Å². The average Bonchev–Trinajstić information content (AvgIpc) is 3.34. The first-order chi connectivity index (χ1) is 14.7. The lowest BCUT2D eigenvalue weighted by Crippen LogP contribution is -1.95. The van der Waals surface area contributed by atoms with E-state index in [1.165, 1.54) is 0 Å². The maximum atomic E-state index is 11.7. The highest BCUT2D eigenvalue weighted by molar-refractivity contribution is 5.89. The molecule has 7 heteroatoms. The molecule has 0 bridgehead atoms. The number of carbonyl (C=O) groups excluding carboxylic acids is 1. The molecule has 0 fully saturated rings.